The molecule has 0 spiro atoms. The van der Waals surface area contributed by atoms with E-state index >= 15 is 0 Å². The number of carbonyl (C=O) groups excluding carboxylic acids is 1. The van der Waals surface area contributed by atoms with Crippen molar-refractivity contribution in [3.63, 3.8) is 0 Å². The summed E-state index contributed by atoms with van der Waals surface area (Å²) in [6.07, 6.45) is -2.39. The number of nitrogens with zero attached hydrogens (tertiary/aromatic N) is 3. The van der Waals surface area contributed by atoms with E-state index in [0.29, 0.717) is 18.0 Å². The third-order valence-electron chi connectivity index (χ3n) is 5.92. The molecule has 194 valence electrons. The predicted octanol–water partition coefficient (Wildman–Crippen LogP) is 4.37. The average molecular weight is 511 g/mol. The van der Waals surface area contributed by atoms with Gasteiger partial charge >= 0.3 is 6.18 Å². The summed E-state index contributed by atoms with van der Waals surface area (Å²) in [5.41, 5.74) is 0.291. The lowest BCUT2D eigenvalue weighted by Crippen LogP contribution is -2.58. The normalized spacial score (nSPS) is 20.1. The molecular formula is C24H27F5N6O. The van der Waals surface area contributed by atoms with Gasteiger partial charge in [0.25, 0.3) is 11.8 Å². The second kappa shape index (κ2) is 10.6. The first-order chi connectivity index (χ1) is 16.8. The van der Waals surface area contributed by atoms with Gasteiger partial charge in [-0.3, -0.25) is 10.2 Å². The number of hydrogen-bond acceptors (Lipinski definition) is 6. The van der Waals surface area contributed by atoms with Crippen LogP contribution in [-0.4, -0.2) is 58.6 Å². The summed E-state index contributed by atoms with van der Waals surface area (Å²) in [6, 6.07) is 6.30. The number of likely N-dealkylation sites (tertiary alicyclic amines) is 1. The topological polar surface area (TPSA) is 94.0 Å². The van der Waals surface area contributed by atoms with Crippen LogP contribution in [0.1, 0.15) is 30.0 Å². The van der Waals surface area contributed by atoms with E-state index in [1.165, 1.54) is 6.20 Å². The molecule has 3 N–H and O–H groups in total. The van der Waals surface area contributed by atoms with E-state index in [9.17, 15) is 26.7 Å². The van der Waals surface area contributed by atoms with Crippen molar-refractivity contribution in [2.75, 3.05) is 25.5 Å². The van der Waals surface area contributed by atoms with Crippen molar-refractivity contribution in [3.05, 3.63) is 59.5 Å². The zero-order chi connectivity index (χ0) is 26.7. The van der Waals surface area contributed by atoms with Crippen LogP contribution in [-0.2, 0) is 11.0 Å². The molecule has 2 atom stereocenters. The second-order valence-corrected chi connectivity index (χ2v) is 8.80. The Bertz CT molecular complexity index is 1120. The third kappa shape index (κ3) is 6.35. The summed E-state index contributed by atoms with van der Waals surface area (Å²) in [6.45, 7) is 2.47. The van der Waals surface area contributed by atoms with Crippen LogP contribution in [0.2, 0.25) is 0 Å². The van der Waals surface area contributed by atoms with Crippen LogP contribution in [0.4, 0.5) is 27.9 Å². The summed E-state index contributed by atoms with van der Waals surface area (Å²) < 4.78 is 67.3. The molecule has 1 unspecified atom stereocenters. The molecule has 1 aromatic carbocycles. The molecule has 0 bridgehead atoms. The van der Waals surface area contributed by atoms with Gasteiger partial charge in [-0.2, -0.15) is 13.2 Å². The number of nitrogens with one attached hydrogen (secondary N) is 3. The minimum absolute atomic E-state index is 0.0861. The van der Waals surface area contributed by atoms with Crippen molar-refractivity contribution in [3.8, 4) is 0 Å². The van der Waals surface area contributed by atoms with Crippen LogP contribution in [0.15, 0.2) is 42.9 Å². The van der Waals surface area contributed by atoms with E-state index in [1.807, 2.05) is 19.1 Å². The second-order valence-electron chi connectivity index (χ2n) is 8.80. The summed E-state index contributed by atoms with van der Waals surface area (Å²) in [5, 5.41) is 14.1. The summed E-state index contributed by atoms with van der Waals surface area (Å²) >= 11 is 0. The Balaban J connectivity index is 1.84. The monoisotopic (exact) mass is 510 g/mol. The number of hydrogen-bond donors (Lipinski definition) is 3. The third-order valence-corrected chi connectivity index (χ3v) is 5.92. The molecule has 2 heterocycles. The Morgan fingerprint density at radius 2 is 1.83 bits per heavy atom. The lowest BCUT2D eigenvalue weighted by molar-refractivity contribution is -0.145. The van der Waals surface area contributed by atoms with Gasteiger partial charge in [0, 0.05) is 44.2 Å². The molecule has 2 aromatic rings. The number of piperidine rings is 1. The van der Waals surface area contributed by atoms with Crippen LogP contribution in [0.5, 0.6) is 0 Å². The van der Waals surface area contributed by atoms with Crippen LogP contribution in [0.3, 0.4) is 0 Å². The van der Waals surface area contributed by atoms with E-state index in [4.69, 9.17) is 5.41 Å². The highest BCUT2D eigenvalue weighted by Crippen LogP contribution is 2.35. The highest BCUT2D eigenvalue weighted by Gasteiger charge is 2.46. The van der Waals surface area contributed by atoms with Gasteiger partial charge in [-0.05, 0) is 18.4 Å². The fourth-order valence-corrected chi connectivity index (χ4v) is 4.08. The minimum atomic E-state index is -4.60. The first-order valence-electron chi connectivity index (χ1n) is 11.2. The molecule has 7 nitrogen and oxygen atoms in total. The lowest BCUT2D eigenvalue weighted by atomic mass is 9.87. The van der Waals surface area contributed by atoms with Gasteiger partial charge < -0.3 is 15.5 Å². The lowest BCUT2D eigenvalue weighted by Gasteiger charge is -2.43. The fourth-order valence-electron chi connectivity index (χ4n) is 4.08. The maximum Gasteiger partial charge on any atom is 0.419 e. The zero-order valence-corrected chi connectivity index (χ0v) is 20.0. The number of carbonyl (C=O) groups is 1. The number of aromatic nitrogens is 2. The van der Waals surface area contributed by atoms with Gasteiger partial charge in [-0.15, -0.1) is 0 Å². The van der Waals surface area contributed by atoms with Gasteiger partial charge in [-0.25, -0.2) is 18.7 Å². The number of halogens is 5. The molecule has 0 radical (unpaired) electrons. The van der Waals surface area contributed by atoms with Crippen molar-refractivity contribution < 1.29 is 26.7 Å². The Morgan fingerprint density at radius 3 is 2.39 bits per heavy atom. The largest absolute Gasteiger partial charge is 0.419 e. The molecular weight excluding hydrogens is 483 g/mol. The summed E-state index contributed by atoms with van der Waals surface area (Å²) in [4.78, 5) is 21.6. The van der Waals surface area contributed by atoms with Crippen LogP contribution in [0, 0.1) is 18.3 Å². The Hall–Kier alpha value is -3.57. The molecule has 1 fully saturated rings. The van der Waals surface area contributed by atoms with Crippen LogP contribution < -0.4 is 10.6 Å². The molecule has 3 rings (SSSR count). The molecule has 0 saturated carbocycles. The quantitative estimate of drug-likeness (QED) is 0.380. The predicted molar refractivity (Wildman–Crippen MR) is 126 cm³/mol. The Morgan fingerprint density at radius 1 is 1.22 bits per heavy atom. The first kappa shape index (κ1) is 27.0. The Labute approximate surface area is 205 Å². The van der Waals surface area contributed by atoms with Crippen molar-refractivity contribution in [1.29, 1.82) is 5.41 Å². The number of rotatable bonds is 7. The van der Waals surface area contributed by atoms with E-state index in [0.717, 1.165) is 10.5 Å². The van der Waals surface area contributed by atoms with Gasteiger partial charge in [-0.1, -0.05) is 36.8 Å². The maximum atomic E-state index is 14.5. The van der Waals surface area contributed by atoms with Gasteiger partial charge in [0.2, 0.25) is 5.95 Å². The van der Waals surface area contributed by atoms with Gasteiger partial charge in [0.15, 0.2) is 0 Å². The maximum absolute atomic E-state index is 14.5. The molecule has 1 amide bonds. The van der Waals surface area contributed by atoms with Crippen molar-refractivity contribution in [1.82, 2.24) is 20.2 Å². The van der Waals surface area contributed by atoms with E-state index < -0.39 is 54.2 Å². The molecule has 1 aromatic heterocycles. The minimum Gasteiger partial charge on any atom is -0.393 e. The van der Waals surface area contributed by atoms with Gasteiger partial charge in [0.1, 0.15) is 5.71 Å². The molecule has 36 heavy (non-hydrogen) atoms. The first-order valence-corrected chi connectivity index (χ1v) is 11.2. The average Bonchev–Trinajstić information content (AvgIpc) is 2.80. The molecule has 12 heteroatoms. The molecule has 1 aliphatic rings. The number of anilines is 1. The van der Waals surface area contributed by atoms with Crippen LogP contribution >= 0.6 is 0 Å². The van der Waals surface area contributed by atoms with Gasteiger partial charge in [0.05, 0.1) is 18.2 Å². The number of amides is 1. The van der Waals surface area contributed by atoms with E-state index in [2.05, 4.69) is 20.6 Å². The van der Waals surface area contributed by atoms with Crippen molar-refractivity contribution in [2.24, 2.45) is 5.92 Å². The molecule has 1 aliphatic heterocycles. The highest BCUT2D eigenvalue weighted by molar-refractivity contribution is 6.54. The van der Waals surface area contributed by atoms with Crippen LogP contribution in [0.25, 0.3) is 5.57 Å². The highest BCUT2D eigenvalue weighted by atomic mass is 19.4. The van der Waals surface area contributed by atoms with E-state index in [1.54, 1.807) is 26.1 Å². The number of alkyl halides is 5. The summed E-state index contributed by atoms with van der Waals surface area (Å²) in [7, 11) is 1.60. The standard InChI is InChI=1S/C24H27F5N6O/c1-14-4-6-16(7-5-14)18(11-31-3)20(30)21(36)35-13-23(25,26)8-15(2)19(35)12-34-22-32-9-17(10-33-22)24(27,28)29/h4-7,9-11,15,19,30-31H,8,12-13H2,1-3H3,(H,32,33,34)/b18-11-,30-20?/t15-,19?/m1/s1. The number of benzene rings is 1. The zero-order valence-electron chi connectivity index (χ0n) is 20.0. The number of aryl methyl sites for hydroxylation is 1. The Kier molecular flexibility index (Phi) is 7.95. The smallest absolute Gasteiger partial charge is 0.393 e. The molecule has 0 aliphatic carbocycles. The van der Waals surface area contributed by atoms with Crippen molar-refractivity contribution >= 4 is 23.1 Å². The molecule has 1 saturated heterocycles. The van der Waals surface area contributed by atoms with Crippen molar-refractivity contribution in [2.45, 2.75) is 38.4 Å². The fraction of sp³-hybridized carbons (Fsp3) is 0.417. The van der Waals surface area contributed by atoms with E-state index in [-0.39, 0.29) is 18.1 Å². The summed E-state index contributed by atoms with van der Waals surface area (Å²) in [5.74, 6) is -4.86. The SMILES string of the molecule is CN/C=C(\C(=N)C(=O)N1CC(F)(F)C[C@@H](C)C1CNc1ncc(C(F)(F)F)cn1)c1ccc(C)cc1.